The first-order valence-electron chi connectivity index (χ1n) is 4.32. The summed E-state index contributed by atoms with van der Waals surface area (Å²) < 4.78 is 5.16. The number of nitro benzene ring substituents is 1. The van der Waals surface area contributed by atoms with Crippen LogP contribution in [0.3, 0.4) is 0 Å². The number of ether oxygens (including phenoxy) is 1. The van der Waals surface area contributed by atoms with Gasteiger partial charge in [0.15, 0.2) is 0 Å². The average Bonchev–Trinajstić information content (AvgIpc) is 2.24. The van der Waals surface area contributed by atoms with Crippen molar-refractivity contribution >= 4 is 11.4 Å². The molecule has 0 atom stereocenters. The lowest BCUT2D eigenvalue weighted by atomic mass is 10.2. The van der Waals surface area contributed by atoms with Crippen molar-refractivity contribution in [2.75, 3.05) is 18.9 Å². The van der Waals surface area contributed by atoms with E-state index < -0.39 is 4.92 Å². The second kappa shape index (κ2) is 5.42. The third kappa shape index (κ3) is 3.03. The van der Waals surface area contributed by atoms with E-state index in [0.29, 0.717) is 5.75 Å². The Bertz CT molecular complexity index is 441. The second-order valence-corrected chi connectivity index (χ2v) is 2.78. The van der Waals surface area contributed by atoms with Crippen LogP contribution in [0.15, 0.2) is 23.3 Å². The van der Waals surface area contributed by atoms with Crippen LogP contribution in [0.25, 0.3) is 10.4 Å². The monoisotopic (exact) mass is 223 g/mol. The fraction of sp³-hybridized carbons (Fsp3) is 0.250. The Morgan fingerprint density at radius 1 is 1.62 bits per heavy atom. The summed E-state index contributed by atoms with van der Waals surface area (Å²) in [5.41, 5.74) is 13.3. The van der Waals surface area contributed by atoms with Gasteiger partial charge >= 0.3 is 0 Å². The van der Waals surface area contributed by atoms with Crippen LogP contribution in [-0.4, -0.2) is 18.1 Å². The minimum atomic E-state index is -0.570. The topological polar surface area (TPSA) is 127 Å². The molecule has 0 saturated heterocycles. The molecular formula is C8H9N5O3. The Morgan fingerprint density at radius 3 is 2.94 bits per heavy atom. The van der Waals surface area contributed by atoms with E-state index >= 15 is 0 Å². The SMILES string of the molecule is [N-]=[N+]=NCCOc1ccc([N+](=O)[O-])c(N)c1. The Balaban J connectivity index is 2.66. The van der Waals surface area contributed by atoms with Gasteiger partial charge in [0, 0.05) is 17.0 Å². The van der Waals surface area contributed by atoms with E-state index in [9.17, 15) is 10.1 Å². The van der Waals surface area contributed by atoms with Crippen molar-refractivity contribution in [3.63, 3.8) is 0 Å². The predicted molar refractivity (Wildman–Crippen MR) is 57.0 cm³/mol. The van der Waals surface area contributed by atoms with E-state index in [-0.39, 0.29) is 24.5 Å². The zero-order valence-corrected chi connectivity index (χ0v) is 8.24. The van der Waals surface area contributed by atoms with Crippen molar-refractivity contribution in [1.82, 2.24) is 0 Å². The number of nitrogens with zero attached hydrogens (tertiary/aromatic N) is 4. The number of rotatable bonds is 5. The van der Waals surface area contributed by atoms with Crippen molar-refractivity contribution < 1.29 is 9.66 Å². The summed E-state index contributed by atoms with van der Waals surface area (Å²) in [5.74, 6) is 0.399. The molecule has 0 aliphatic carbocycles. The molecule has 16 heavy (non-hydrogen) atoms. The highest BCUT2D eigenvalue weighted by atomic mass is 16.6. The van der Waals surface area contributed by atoms with Crippen LogP contribution in [0.1, 0.15) is 0 Å². The Labute approximate surface area is 90.4 Å². The molecule has 1 rings (SSSR count). The Hall–Kier alpha value is -2.47. The molecular weight excluding hydrogens is 214 g/mol. The molecule has 0 bridgehead atoms. The van der Waals surface area contributed by atoms with Gasteiger partial charge in [0.05, 0.1) is 18.1 Å². The molecule has 0 amide bonds. The van der Waals surface area contributed by atoms with E-state index in [0.717, 1.165) is 0 Å². The van der Waals surface area contributed by atoms with Gasteiger partial charge in [0.1, 0.15) is 11.4 Å². The summed E-state index contributed by atoms with van der Waals surface area (Å²) in [4.78, 5) is 12.4. The van der Waals surface area contributed by atoms with Crippen molar-refractivity contribution in [2.45, 2.75) is 0 Å². The predicted octanol–water partition coefficient (Wildman–Crippen LogP) is 1.87. The van der Waals surface area contributed by atoms with Gasteiger partial charge in [0.2, 0.25) is 0 Å². The second-order valence-electron chi connectivity index (χ2n) is 2.78. The number of nitrogens with two attached hydrogens (primary N) is 1. The lowest BCUT2D eigenvalue weighted by Crippen LogP contribution is -2.01. The quantitative estimate of drug-likeness (QED) is 0.155. The molecule has 2 N–H and O–H groups in total. The van der Waals surface area contributed by atoms with Gasteiger partial charge in [-0.2, -0.15) is 0 Å². The van der Waals surface area contributed by atoms with Crippen molar-refractivity contribution in [3.05, 3.63) is 38.8 Å². The maximum absolute atomic E-state index is 10.5. The van der Waals surface area contributed by atoms with Gasteiger partial charge in [-0.15, -0.1) is 0 Å². The van der Waals surface area contributed by atoms with E-state index in [1.165, 1.54) is 18.2 Å². The van der Waals surface area contributed by atoms with Crippen LogP contribution in [-0.2, 0) is 0 Å². The standard InChI is InChI=1S/C8H9N5O3/c9-7-5-6(16-4-3-11-12-10)1-2-8(7)13(14)15/h1-2,5H,3-4,9H2. The van der Waals surface area contributed by atoms with E-state index in [4.69, 9.17) is 16.0 Å². The molecule has 0 spiro atoms. The van der Waals surface area contributed by atoms with Crippen molar-refractivity contribution in [2.24, 2.45) is 5.11 Å². The van der Waals surface area contributed by atoms with E-state index in [1.54, 1.807) is 0 Å². The molecule has 0 aliphatic heterocycles. The highest BCUT2D eigenvalue weighted by Crippen LogP contribution is 2.25. The molecule has 0 radical (unpaired) electrons. The van der Waals surface area contributed by atoms with Crippen LogP contribution in [0.2, 0.25) is 0 Å². The Morgan fingerprint density at radius 2 is 2.38 bits per heavy atom. The Kier molecular flexibility index (Phi) is 3.93. The van der Waals surface area contributed by atoms with Crippen LogP contribution >= 0.6 is 0 Å². The lowest BCUT2D eigenvalue weighted by molar-refractivity contribution is -0.383. The summed E-state index contributed by atoms with van der Waals surface area (Å²) in [6.07, 6.45) is 0. The fourth-order valence-electron chi connectivity index (χ4n) is 1.04. The first-order valence-corrected chi connectivity index (χ1v) is 4.32. The van der Waals surface area contributed by atoms with Gasteiger partial charge in [-0.25, -0.2) is 0 Å². The first kappa shape index (κ1) is 11.6. The lowest BCUT2D eigenvalue weighted by Gasteiger charge is -2.04. The summed E-state index contributed by atoms with van der Waals surface area (Å²) in [6, 6.07) is 4.05. The molecule has 1 aromatic rings. The maximum atomic E-state index is 10.5. The van der Waals surface area contributed by atoms with Crippen LogP contribution in [0, 0.1) is 10.1 Å². The van der Waals surface area contributed by atoms with Gasteiger partial charge in [-0.05, 0) is 11.6 Å². The third-order valence-electron chi connectivity index (χ3n) is 1.72. The maximum Gasteiger partial charge on any atom is 0.292 e. The minimum absolute atomic E-state index is 0.0336. The summed E-state index contributed by atoms with van der Waals surface area (Å²) in [7, 11) is 0. The summed E-state index contributed by atoms with van der Waals surface area (Å²) in [6.45, 7) is 0.384. The van der Waals surface area contributed by atoms with Crippen LogP contribution < -0.4 is 10.5 Å². The van der Waals surface area contributed by atoms with E-state index in [2.05, 4.69) is 10.0 Å². The number of benzene rings is 1. The molecule has 0 aromatic heterocycles. The number of hydrogen-bond acceptors (Lipinski definition) is 5. The number of hydrogen-bond donors (Lipinski definition) is 1. The zero-order valence-electron chi connectivity index (χ0n) is 8.24. The zero-order chi connectivity index (χ0) is 12.0. The number of nitrogen functional groups attached to an aromatic ring is 1. The van der Waals surface area contributed by atoms with Gasteiger partial charge in [-0.3, -0.25) is 10.1 Å². The molecule has 0 heterocycles. The molecule has 84 valence electrons. The van der Waals surface area contributed by atoms with Gasteiger partial charge in [-0.1, -0.05) is 5.11 Å². The summed E-state index contributed by atoms with van der Waals surface area (Å²) in [5, 5.41) is 13.7. The smallest absolute Gasteiger partial charge is 0.292 e. The first-order chi connectivity index (χ1) is 7.65. The van der Waals surface area contributed by atoms with Crippen molar-refractivity contribution in [1.29, 1.82) is 0 Å². The average molecular weight is 223 g/mol. The molecule has 8 heteroatoms. The highest BCUT2D eigenvalue weighted by Gasteiger charge is 2.11. The van der Waals surface area contributed by atoms with Crippen molar-refractivity contribution in [3.8, 4) is 5.75 Å². The van der Waals surface area contributed by atoms with Gasteiger partial charge in [0.25, 0.3) is 5.69 Å². The molecule has 1 aromatic carbocycles. The minimum Gasteiger partial charge on any atom is -0.493 e. The molecule has 8 nitrogen and oxygen atoms in total. The molecule has 0 unspecified atom stereocenters. The largest absolute Gasteiger partial charge is 0.493 e. The number of anilines is 1. The summed E-state index contributed by atoms with van der Waals surface area (Å²) >= 11 is 0. The van der Waals surface area contributed by atoms with Gasteiger partial charge < -0.3 is 10.5 Å². The fourth-order valence-corrected chi connectivity index (χ4v) is 1.04. The molecule has 0 fully saturated rings. The number of azide groups is 1. The number of nitro groups is 1. The molecule has 0 aliphatic rings. The van der Waals surface area contributed by atoms with Crippen LogP contribution in [0.4, 0.5) is 11.4 Å². The third-order valence-corrected chi connectivity index (χ3v) is 1.72. The highest BCUT2D eigenvalue weighted by molar-refractivity contribution is 5.60. The van der Waals surface area contributed by atoms with E-state index in [1.807, 2.05) is 0 Å². The molecule has 0 saturated carbocycles. The normalized spacial score (nSPS) is 9.25. The van der Waals surface area contributed by atoms with Crippen LogP contribution in [0.5, 0.6) is 5.75 Å².